The summed E-state index contributed by atoms with van der Waals surface area (Å²) in [6.07, 6.45) is 3.18. The number of hydrogen-bond acceptors (Lipinski definition) is 3. The molecule has 0 aliphatic carbocycles. The Hall–Kier alpha value is -1.13. The minimum absolute atomic E-state index is 0.956. The van der Waals surface area contributed by atoms with Gasteiger partial charge in [-0.1, -0.05) is 13.0 Å². The lowest BCUT2D eigenvalue weighted by Gasteiger charge is -2.14. The number of rotatable bonds is 5. The van der Waals surface area contributed by atoms with Gasteiger partial charge < -0.3 is 4.90 Å². The molecule has 0 spiro atoms. The van der Waals surface area contributed by atoms with Crippen molar-refractivity contribution in [3.05, 3.63) is 29.3 Å². The molecular weight excluding hydrogens is 218 g/mol. The van der Waals surface area contributed by atoms with Gasteiger partial charge in [-0.05, 0) is 31.5 Å². The maximum atomic E-state index is 4.33. The molecule has 2 rings (SSSR count). The predicted octanol–water partition coefficient (Wildman–Crippen LogP) is 2.98. The second-order valence-corrected chi connectivity index (χ2v) is 4.92. The summed E-state index contributed by atoms with van der Waals surface area (Å²) in [6.45, 7) is 4.28. The van der Waals surface area contributed by atoms with Crippen molar-refractivity contribution in [3.63, 3.8) is 0 Å². The fraction of sp³-hybridized carbons (Fsp3) is 0.417. The lowest BCUT2D eigenvalue weighted by Crippen LogP contribution is -2.18. The van der Waals surface area contributed by atoms with Crippen LogP contribution in [0.4, 0.5) is 0 Å². The Balaban J connectivity index is 2.14. The summed E-state index contributed by atoms with van der Waals surface area (Å²) in [5, 5.41) is 9.38. The number of H-pyrrole nitrogens is 1. The zero-order valence-electron chi connectivity index (χ0n) is 9.73. The molecule has 0 aliphatic heterocycles. The van der Waals surface area contributed by atoms with E-state index in [1.54, 1.807) is 11.3 Å². The number of thiophene rings is 1. The first-order chi connectivity index (χ1) is 7.81. The SMILES string of the molecule is CCCN(C)Cc1c[nH]nc1-c1cccs1. The Kier molecular flexibility index (Phi) is 3.74. The predicted molar refractivity (Wildman–Crippen MR) is 68.5 cm³/mol. The van der Waals surface area contributed by atoms with Gasteiger partial charge in [-0.2, -0.15) is 5.10 Å². The van der Waals surface area contributed by atoms with E-state index in [2.05, 4.69) is 46.6 Å². The zero-order chi connectivity index (χ0) is 11.4. The molecule has 0 unspecified atom stereocenters. The van der Waals surface area contributed by atoms with Crippen LogP contribution in [-0.4, -0.2) is 28.7 Å². The summed E-state index contributed by atoms with van der Waals surface area (Å²) in [6, 6.07) is 4.18. The highest BCUT2D eigenvalue weighted by Crippen LogP contribution is 2.26. The molecule has 86 valence electrons. The highest BCUT2D eigenvalue weighted by molar-refractivity contribution is 7.13. The summed E-state index contributed by atoms with van der Waals surface area (Å²) in [7, 11) is 2.15. The molecule has 2 heterocycles. The highest BCUT2D eigenvalue weighted by Gasteiger charge is 2.10. The molecule has 4 heteroatoms. The lowest BCUT2D eigenvalue weighted by molar-refractivity contribution is 0.328. The Labute approximate surface area is 100 Å². The molecular formula is C12H17N3S. The molecule has 2 aromatic heterocycles. The van der Waals surface area contributed by atoms with Crippen LogP contribution in [0.1, 0.15) is 18.9 Å². The number of nitrogens with one attached hydrogen (secondary N) is 1. The standard InChI is InChI=1S/C12H17N3S/c1-3-6-15(2)9-10-8-13-14-12(10)11-5-4-7-16-11/h4-5,7-8H,3,6,9H2,1-2H3,(H,13,14). The fourth-order valence-electron chi connectivity index (χ4n) is 1.81. The topological polar surface area (TPSA) is 31.9 Å². The molecule has 0 fully saturated rings. The highest BCUT2D eigenvalue weighted by atomic mass is 32.1. The van der Waals surface area contributed by atoms with Gasteiger partial charge in [0.25, 0.3) is 0 Å². The summed E-state index contributed by atoms with van der Waals surface area (Å²) < 4.78 is 0. The van der Waals surface area contributed by atoms with E-state index in [1.807, 2.05) is 6.20 Å². The summed E-state index contributed by atoms with van der Waals surface area (Å²) in [5.41, 5.74) is 2.37. The van der Waals surface area contributed by atoms with E-state index in [4.69, 9.17) is 0 Å². The van der Waals surface area contributed by atoms with Crippen LogP contribution in [-0.2, 0) is 6.54 Å². The smallest absolute Gasteiger partial charge is 0.106 e. The largest absolute Gasteiger partial charge is 0.302 e. The van der Waals surface area contributed by atoms with Crippen molar-refractivity contribution in [1.82, 2.24) is 15.1 Å². The van der Waals surface area contributed by atoms with Crippen molar-refractivity contribution in [2.24, 2.45) is 0 Å². The molecule has 0 atom stereocenters. The molecule has 0 aliphatic rings. The third kappa shape index (κ3) is 2.51. The van der Waals surface area contributed by atoms with E-state index < -0.39 is 0 Å². The summed E-state index contributed by atoms with van der Waals surface area (Å²) in [5.74, 6) is 0. The average molecular weight is 235 g/mol. The van der Waals surface area contributed by atoms with Gasteiger partial charge in [0.15, 0.2) is 0 Å². The molecule has 1 N–H and O–H groups in total. The Morgan fingerprint density at radius 2 is 2.38 bits per heavy atom. The van der Waals surface area contributed by atoms with Gasteiger partial charge in [-0.15, -0.1) is 11.3 Å². The third-order valence-electron chi connectivity index (χ3n) is 2.52. The molecule has 3 nitrogen and oxygen atoms in total. The fourth-order valence-corrected chi connectivity index (χ4v) is 2.56. The number of aromatic nitrogens is 2. The molecule has 0 aromatic carbocycles. The van der Waals surface area contributed by atoms with Gasteiger partial charge in [0.05, 0.1) is 4.88 Å². The Morgan fingerprint density at radius 3 is 3.06 bits per heavy atom. The van der Waals surface area contributed by atoms with E-state index in [0.29, 0.717) is 0 Å². The van der Waals surface area contributed by atoms with Crippen LogP contribution in [0.3, 0.4) is 0 Å². The van der Waals surface area contributed by atoms with Gasteiger partial charge in [-0.3, -0.25) is 5.10 Å². The molecule has 0 radical (unpaired) electrons. The minimum Gasteiger partial charge on any atom is -0.302 e. The zero-order valence-corrected chi connectivity index (χ0v) is 10.5. The van der Waals surface area contributed by atoms with Crippen LogP contribution in [0.25, 0.3) is 10.6 Å². The first kappa shape index (κ1) is 11.4. The van der Waals surface area contributed by atoms with Crippen LogP contribution in [0.15, 0.2) is 23.7 Å². The minimum atomic E-state index is 0.956. The molecule has 16 heavy (non-hydrogen) atoms. The molecule has 0 bridgehead atoms. The lowest BCUT2D eigenvalue weighted by atomic mass is 10.2. The quantitative estimate of drug-likeness (QED) is 0.864. The Morgan fingerprint density at radius 1 is 1.50 bits per heavy atom. The summed E-state index contributed by atoms with van der Waals surface area (Å²) >= 11 is 1.73. The van der Waals surface area contributed by atoms with E-state index >= 15 is 0 Å². The van der Waals surface area contributed by atoms with Crippen LogP contribution in [0.5, 0.6) is 0 Å². The second-order valence-electron chi connectivity index (χ2n) is 3.97. The first-order valence-corrected chi connectivity index (χ1v) is 6.44. The van der Waals surface area contributed by atoms with E-state index in [9.17, 15) is 0 Å². The van der Waals surface area contributed by atoms with Gasteiger partial charge >= 0.3 is 0 Å². The number of aromatic amines is 1. The Bertz CT molecular complexity index is 419. The average Bonchev–Trinajstić information content (AvgIpc) is 2.86. The first-order valence-electron chi connectivity index (χ1n) is 5.56. The van der Waals surface area contributed by atoms with E-state index in [0.717, 1.165) is 18.8 Å². The maximum Gasteiger partial charge on any atom is 0.106 e. The molecule has 0 saturated heterocycles. The monoisotopic (exact) mass is 235 g/mol. The maximum absolute atomic E-state index is 4.33. The summed E-state index contributed by atoms with van der Waals surface area (Å²) in [4.78, 5) is 3.56. The van der Waals surface area contributed by atoms with E-state index in [-0.39, 0.29) is 0 Å². The number of hydrogen-bond donors (Lipinski definition) is 1. The van der Waals surface area contributed by atoms with Gasteiger partial charge in [0.2, 0.25) is 0 Å². The van der Waals surface area contributed by atoms with Gasteiger partial charge in [0, 0.05) is 18.3 Å². The van der Waals surface area contributed by atoms with Crippen LogP contribution < -0.4 is 0 Å². The van der Waals surface area contributed by atoms with E-state index in [1.165, 1.54) is 16.9 Å². The van der Waals surface area contributed by atoms with Gasteiger partial charge in [-0.25, -0.2) is 0 Å². The molecule has 0 amide bonds. The number of nitrogens with zero attached hydrogens (tertiary/aromatic N) is 2. The second kappa shape index (κ2) is 5.27. The third-order valence-corrected chi connectivity index (χ3v) is 3.40. The van der Waals surface area contributed by atoms with Crippen molar-refractivity contribution in [2.75, 3.05) is 13.6 Å². The van der Waals surface area contributed by atoms with Crippen molar-refractivity contribution < 1.29 is 0 Å². The van der Waals surface area contributed by atoms with Crippen LogP contribution in [0, 0.1) is 0 Å². The van der Waals surface area contributed by atoms with Crippen LogP contribution in [0.2, 0.25) is 0 Å². The van der Waals surface area contributed by atoms with Crippen molar-refractivity contribution in [3.8, 4) is 10.6 Å². The van der Waals surface area contributed by atoms with Gasteiger partial charge in [0.1, 0.15) is 5.69 Å². The molecule has 2 aromatic rings. The molecule has 0 saturated carbocycles. The van der Waals surface area contributed by atoms with Crippen LogP contribution >= 0.6 is 11.3 Å². The van der Waals surface area contributed by atoms with Crippen molar-refractivity contribution in [2.45, 2.75) is 19.9 Å². The van der Waals surface area contributed by atoms with Crippen molar-refractivity contribution >= 4 is 11.3 Å². The van der Waals surface area contributed by atoms with Crippen molar-refractivity contribution in [1.29, 1.82) is 0 Å². The normalized spacial score (nSPS) is 11.2.